The summed E-state index contributed by atoms with van der Waals surface area (Å²) in [6.07, 6.45) is 2.32. The fourth-order valence-corrected chi connectivity index (χ4v) is 2.78. The van der Waals surface area contributed by atoms with Crippen LogP contribution in [-0.2, 0) is 11.2 Å². The topological polar surface area (TPSA) is 32.3 Å². The summed E-state index contributed by atoms with van der Waals surface area (Å²) in [5, 5.41) is 3.25. The lowest BCUT2D eigenvalue weighted by Crippen LogP contribution is -2.42. The number of carbonyl (C=O) groups excluding carboxylic acids is 1. The van der Waals surface area contributed by atoms with Crippen molar-refractivity contribution in [3.63, 3.8) is 0 Å². The first kappa shape index (κ1) is 18.8. The first-order chi connectivity index (χ1) is 10.1. The molecule has 1 aliphatic rings. The van der Waals surface area contributed by atoms with Gasteiger partial charge in [-0.25, -0.2) is 8.78 Å². The number of benzene rings is 1. The summed E-state index contributed by atoms with van der Waals surface area (Å²) >= 11 is 0. The fourth-order valence-electron chi connectivity index (χ4n) is 2.78. The van der Waals surface area contributed by atoms with Gasteiger partial charge < -0.3 is 10.2 Å². The number of hydrogen-bond donors (Lipinski definition) is 1. The monoisotopic (exact) mass is 332 g/mol. The largest absolute Gasteiger partial charge is 0.338 e. The Bertz CT molecular complexity index is 493. The van der Waals surface area contributed by atoms with E-state index in [0.29, 0.717) is 0 Å². The summed E-state index contributed by atoms with van der Waals surface area (Å²) in [6, 6.07) is 4.33. The third-order valence-electron chi connectivity index (χ3n) is 3.90. The van der Waals surface area contributed by atoms with E-state index in [1.54, 1.807) is 0 Å². The molecule has 0 spiro atoms. The van der Waals surface area contributed by atoms with E-state index < -0.39 is 11.6 Å². The highest BCUT2D eigenvalue weighted by Crippen LogP contribution is 2.16. The maximum Gasteiger partial charge on any atom is 0.223 e. The van der Waals surface area contributed by atoms with Gasteiger partial charge in [0, 0.05) is 25.6 Å². The molecule has 1 aromatic rings. The van der Waals surface area contributed by atoms with Crippen molar-refractivity contribution in [3.05, 3.63) is 35.4 Å². The standard InChI is InChI=1S/C16H22F2N2O.ClH/c1-2-10-20(13-8-9-19-11-13)15(21)7-6-12-4-3-5-14(17)16(12)18;/h3-5,13,19H,2,6-11H2,1H3;1H. The van der Waals surface area contributed by atoms with Crippen LogP contribution in [0.2, 0.25) is 0 Å². The van der Waals surface area contributed by atoms with Crippen LogP contribution in [-0.4, -0.2) is 36.5 Å². The van der Waals surface area contributed by atoms with E-state index in [1.165, 1.54) is 12.1 Å². The van der Waals surface area contributed by atoms with Crippen molar-refractivity contribution >= 4 is 18.3 Å². The van der Waals surface area contributed by atoms with Crippen LogP contribution in [0.25, 0.3) is 0 Å². The van der Waals surface area contributed by atoms with Crippen LogP contribution in [0, 0.1) is 11.6 Å². The summed E-state index contributed by atoms with van der Waals surface area (Å²) < 4.78 is 26.7. The van der Waals surface area contributed by atoms with Gasteiger partial charge in [0.15, 0.2) is 11.6 Å². The number of hydrogen-bond acceptors (Lipinski definition) is 2. The maximum atomic E-state index is 13.6. The van der Waals surface area contributed by atoms with Crippen molar-refractivity contribution in [1.29, 1.82) is 0 Å². The van der Waals surface area contributed by atoms with Gasteiger partial charge >= 0.3 is 0 Å². The molecule has 1 N–H and O–H groups in total. The minimum atomic E-state index is -0.856. The number of nitrogens with zero attached hydrogens (tertiary/aromatic N) is 1. The normalized spacial score (nSPS) is 17.1. The van der Waals surface area contributed by atoms with E-state index in [2.05, 4.69) is 5.32 Å². The Balaban J connectivity index is 0.00000242. The van der Waals surface area contributed by atoms with E-state index in [0.717, 1.165) is 38.5 Å². The van der Waals surface area contributed by atoms with E-state index >= 15 is 0 Å². The zero-order valence-corrected chi connectivity index (χ0v) is 13.6. The Morgan fingerprint density at radius 3 is 2.82 bits per heavy atom. The van der Waals surface area contributed by atoms with E-state index in [4.69, 9.17) is 0 Å². The van der Waals surface area contributed by atoms with Crippen LogP contribution in [0.1, 0.15) is 31.7 Å². The molecule has 3 nitrogen and oxygen atoms in total. The molecule has 0 radical (unpaired) electrons. The van der Waals surface area contributed by atoms with Crippen LogP contribution in [0.4, 0.5) is 8.78 Å². The molecular weight excluding hydrogens is 310 g/mol. The van der Waals surface area contributed by atoms with Crippen molar-refractivity contribution < 1.29 is 13.6 Å². The molecule has 0 saturated carbocycles. The predicted octanol–water partition coefficient (Wildman–Crippen LogP) is 2.92. The van der Waals surface area contributed by atoms with Crippen molar-refractivity contribution in [3.8, 4) is 0 Å². The van der Waals surface area contributed by atoms with Crippen LogP contribution in [0.3, 0.4) is 0 Å². The van der Waals surface area contributed by atoms with Crippen molar-refractivity contribution in [2.45, 2.75) is 38.6 Å². The van der Waals surface area contributed by atoms with Gasteiger partial charge in [0.05, 0.1) is 0 Å². The van der Waals surface area contributed by atoms with Crippen LogP contribution >= 0.6 is 12.4 Å². The molecular formula is C16H23ClF2N2O. The molecule has 6 heteroatoms. The average Bonchev–Trinajstić information content (AvgIpc) is 3.00. The number of carbonyl (C=O) groups is 1. The number of rotatable bonds is 6. The minimum absolute atomic E-state index is 0. The lowest BCUT2D eigenvalue weighted by atomic mass is 10.1. The SMILES string of the molecule is CCCN(C(=O)CCc1cccc(F)c1F)C1CCNC1.Cl. The van der Waals surface area contributed by atoms with Crippen molar-refractivity contribution in [2.24, 2.45) is 0 Å². The van der Waals surface area contributed by atoms with Gasteiger partial charge in [-0.2, -0.15) is 0 Å². The maximum absolute atomic E-state index is 13.6. The van der Waals surface area contributed by atoms with Crippen molar-refractivity contribution in [2.75, 3.05) is 19.6 Å². The molecule has 0 aliphatic carbocycles. The number of halogens is 3. The zero-order chi connectivity index (χ0) is 15.2. The van der Waals surface area contributed by atoms with Crippen LogP contribution in [0.5, 0.6) is 0 Å². The molecule has 1 amide bonds. The molecule has 2 rings (SSSR count). The predicted molar refractivity (Wildman–Crippen MR) is 85.2 cm³/mol. The molecule has 0 bridgehead atoms. The highest BCUT2D eigenvalue weighted by molar-refractivity contribution is 5.85. The third-order valence-corrected chi connectivity index (χ3v) is 3.90. The Hall–Kier alpha value is -1.20. The molecule has 1 atom stereocenters. The molecule has 1 unspecified atom stereocenters. The molecule has 1 aromatic carbocycles. The summed E-state index contributed by atoms with van der Waals surface area (Å²) in [4.78, 5) is 14.3. The van der Waals surface area contributed by atoms with E-state index in [9.17, 15) is 13.6 Å². The second-order valence-corrected chi connectivity index (χ2v) is 5.45. The number of aryl methyl sites for hydroxylation is 1. The molecule has 1 saturated heterocycles. The molecule has 1 fully saturated rings. The Morgan fingerprint density at radius 2 is 2.18 bits per heavy atom. The first-order valence-electron chi connectivity index (χ1n) is 7.56. The van der Waals surface area contributed by atoms with Gasteiger partial charge in [-0.3, -0.25) is 4.79 Å². The molecule has 124 valence electrons. The highest BCUT2D eigenvalue weighted by Gasteiger charge is 2.25. The van der Waals surface area contributed by atoms with Gasteiger partial charge in [-0.1, -0.05) is 19.1 Å². The molecule has 0 aromatic heterocycles. The zero-order valence-electron chi connectivity index (χ0n) is 12.8. The third kappa shape index (κ3) is 4.65. The summed E-state index contributed by atoms with van der Waals surface area (Å²) in [5.41, 5.74) is 0.268. The van der Waals surface area contributed by atoms with Crippen LogP contribution < -0.4 is 5.32 Å². The average molecular weight is 333 g/mol. The molecule has 1 aliphatic heterocycles. The fraction of sp³-hybridized carbons (Fsp3) is 0.562. The second-order valence-electron chi connectivity index (χ2n) is 5.45. The van der Waals surface area contributed by atoms with Gasteiger partial charge in [0.1, 0.15) is 0 Å². The number of nitrogens with one attached hydrogen (secondary N) is 1. The summed E-state index contributed by atoms with van der Waals surface area (Å²) in [6.45, 7) is 4.50. The smallest absolute Gasteiger partial charge is 0.223 e. The lowest BCUT2D eigenvalue weighted by molar-refractivity contribution is -0.133. The molecule has 22 heavy (non-hydrogen) atoms. The quantitative estimate of drug-likeness (QED) is 0.868. The molecule has 1 heterocycles. The minimum Gasteiger partial charge on any atom is -0.338 e. The second kappa shape index (κ2) is 9.06. The van der Waals surface area contributed by atoms with Crippen LogP contribution in [0.15, 0.2) is 18.2 Å². The van der Waals surface area contributed by atoms with Gasteiger partial charge in [-0.15, -0.1) is 12.4 Å². The van der Waals surface area contributed by atoms with E-state index in [1.807, 2.05) is 11.8 Å². The first-order valence-corrected chi connectivity index (χ1v) is 7.56. The summed E-state index contributed by atoms with van der Waals surface area (Å²) in [7, 11) is 0. The lowest BCUT2D eigenvalue weighted by Gasteiger charge is -2.28. The summed E-state index contributed by atoms with van der Waals surface area (Å²) in [5.74, 6) is -1.67. The Labute approximate surface area is 136 Å². The van der Waals surface area contributed by atoms with E-state index in [-0.39, 0.29) is 42.8 Å². The number of amides is 1. The van der Waals surface area contributed by atoms with Crippen molar-refractivity contribution in [1.82, 2.24) is 10.2 Å². The Kier molecular flexibility index (Phi) is 7.76. The highest BCUT2D eigenvalue weighted by atomic mass is 35.5. The van der Waals surface area contributed by atoms with Gasteiger partial charge in [0.2, 0.25) is 5.91 Å². The van der Waals surface area contributed by atoms with Gasteiger partial charge in [0.25, 0.3) is 0 Å². The van der Waals surface area contributed by atoms with Gasteiger partial charge in [-0.05, 0) is 37.4 Å². The Morgan fingerprint density at radius 1 is 1.41 bits per heavy atom.